The van der Waals surface area contributed by atoms with Crippen molar-refractivity contribution < 1.29 is 0 Å². The number of benzene rings is 24. The van der Waals surface area contributed by atoms with Crippen LogP contribution in [-0.4, -0.2) is 27.4 Å². The molecule has 0 aliphatic carbocycles. The Morgan fingerprint density at radius 2 is 0.326 bits per heavy atom. The smallest absolute Gasteiger partial charge is 0.0541 e. The van der Waals surface area contributed by atoms with E-state index in [-0.39, 0.29) is 0 Å². The second-order valence-electron chi connectivity index (χ2n) is 37.7. The summed E-state index contributed by atoms with van der Waals surface area (Å²) in [6.07, 6.45) is 0. The van der Waals surface area contributed by atoms with E-state index in [1.165, 1.54) is 258 Å². The highest BCUT2D eigenvalue weighted by Crippen LogP contribution is 2.47. The summed E-state index contributed by atoms with van der Waals surface area (Å²) in [7, 11) is 0. The number of aromatic nitrogens is 6. The van der Waals surface area contributed by atoms with Gasteiger partial charge in [0.1, 0.15) is 0 Å². The van der Waals surface area contributed by atoms with Gasteiger partial charge < -0.3 is 27.4 Å². The summed E-state index contributed by atoms with van der Waals surface area (Å²) in [5.41, 5.74) is 36.2. The Morgan fingerprint density at radius 1 is 0.0972 bits per heavy atom. The molecule has 6 heteroatoms. The molecule has 30 rings (SSSR count). The third kappa shape index (κ3) is 13.9. The highest BCUT2D eigenvalue weighted by Gasteiger charge is 2.25. The van der Waals surface area contributed by atoms with Crippen LogP contribution in [0.4, 0.5) is 0 Å². The molecule has 672 valence electrons. The predicted octanol–water partition coefficient (Wildman–Crippen LogP) is 37.1. The fourth-order valence-electron chi connectivity index (χ4n) is 23.1. The van der Waals surface area contributed by atoms with Crippen LogP contribution in [0.5, 0.6) is 0 Å². The van der Waals surface area contributed by atoms with E-state index >= 15 is 0 Å². The van der Waals surface area contributed by atoms with Gasteiger partial charge in [-0.15, -0.1) is 0 Å². The van der Waals surface area contributed by atoms with Crippen LogP contribution in [0.25, 0.3) is 264 Å². The number of nitrogens with zero attached hydrogens (tertiary/aromatic N) is 6. The van der Waals surface area contributed by atoms with Crippen LogP contribution in [-0.2, 0) is 0 Å². The molecule has 6 nitrogen and oxygen atoms in total. The predicted molar refractivity (Wildman–Crippen MR) is 610 cm³/mol. The van der Waals surface area contributed by atoms with E-state index in [9.17, 15) is 0 Å². The van der Waals surface area contributed by atoms with E-state index in [4.69, 9.17) is 0 Å². The minimum atomic E-state index is 1.16. The van der Waals surface area contributed by atoms with Crippen LogP contribution in [0.3, 0.4) is 0 Å². The van der Waals surface area contributed by atoms with Gasteiger partial charge in [0.25, 0.3) is 0 Å². The summed E-state index contributed by atoms with van der Waals surface area (Å²) in [6, 6.07) is 199. The highest BCUT2D eigenvalue weighted by atomic mass is 15.0. The van der Waals surface area contributed by atoms with Crippen molar-refractivity contribution in [2.75, 3.05) is 0 Å². The molecule has 0 aliphatic rings. The van der Waals surface area contributed by atoms with E-state index < -0.39 is 0 Å². The third-order valence-electron chi connectivity index (χ3n) is 29.7. The van der Waals surface area contributed by atoms with E-state index in [1.54, 1.807) is 0 Å². The van der Waals surface area contributed by atoms with Crippen molar-refractivity contribution in [2.45, 2.75) is 0 Å². The van der Waals surface area contributed by atoms with Crippen LogP contribution in [0.2, 0.25) is 0 Å². The van der Waals surface area contributed by atoms with Gasteiger partial charge in [-0.25, -0.2) is 0 Å². The van der Waals surface area contributed by atoms with Gasteiger partial charge in [-0.1, -0.05) is 364 Å². The van der Waals surface area contributed by atoms with Crippen LogP contribution < -0.4 is 0 Å². The molecule has 0 atom stereocenters. The first-order chi connectivity index (χ1) is 71.4. The van der Waals surface area contributed by atoms with Crippen molar-refractivity contribution in [3.63, 3.8) is 0 Å². The number of fused-ring (bicyclic) bond motifs is 21. The Labute approximate surface area is 831 Å². The molecular formula is C138H90N6. The first-order valence-corrected chi connectivity index (χ1v) is 49.6. The van der Waals surface area contributed by atoms with Gasteiger partial charge in [-0.3, -0.25) is 0 Å². The van der Waals surface area contributed by atoms with E-state index in [0.29, 0.717) is 0 Å². The first-order valence-electron chi connectivity index (χ1n) is 49.6. The molecular weight excluding hydrogens is 1740 g/mol. The van der Waals surface area contributed by atoms with E-state index in [0.717, 1.165) is 5.69 Å². The maximum absolute atomic E-state index is 2.45. The fourth-order valence-corrected chi connectivity index (χ4v) is 23.1. The Kier molecular flexibility index (Phi) is 19.9. The average Bonchev–Trinajstić information content (AvgIpc) is 1.58. The molecule has 6 aromatic heterocycles. The fraction of sp³-hybridized carbons (Fsp3) is 0. The number of para-hydroxylation sites is 11. The summed E-state index contributed by atoms with van der Waals surface area (Å²) in [4.78, 5) is 0. The second kappa shape index (κ2) is 34.5. The van der Waals surface area contributed by atoms with Crippen molar-refractivity contribution in [3.05, 3.63) is 546 Å². The molecule has 0 aliphatic heterocycles. The molecule has 0 bridgehead atoms. The summed E-state index contributed by atoms with van der Waals surface area (Å²) in [6.45, 7) is 0. The largest absolute Gasteiger partial charge is 0.309 e. The maximum Gasteiger partial charge on any atom is 0.0541 e. The summed E-state index contributed by atoms with van der Waals surface area (Å²) < 4.78 is 14.4. The van der Waals surface area contributed by atoms with Crippen molar-refractivity contribution in [1.82, 2.24) is 27.4 Å². The Morgan fingerprint density at radius 3 is 0.715 bits per heavy atom. The molecule has 0 N–H and O–H groups in total. The molecule has 0 saturated carbocycles. The number of hydrogen-bond donors (Lipinski definition) is 0. The lowest BCUT2D eigenvalue weighted by atomic mass is 9.97. The third-order valence-corrected chi connectivity index (χ3v) is 29.7. The molecule has 144 heavy (non-hydrogen) atoms. The van der Waals surface area contributed by atoms with Gasteiger partial charge in [0.15, 0.2) is 0 Å². The lowest BCUT2D eigenvalue weighted by Crippen LogP contribution is -1.97. The number of hydrogen-bond acceptors (Lipinski definition) is 0. The van der Waals surface area contributed by atoms with Crippen molar-refractivity contribution in [2.24, 2.45) is 0 Å². The Bertz CT molecular complexity index is 10400. The van der Waals surface area contributed by atoms with Crippen LogP contribution in [0.1, 0.15) is 0 Å². The molecule has 24 aromatic carbocycles. The van der Waals surface area contributed by atoms with E-state index in [1.807, 2.05) is 0 Å². The molecule has 0 spiro atoms. The molecule has 6 heterocycles. The molecule has 0 unspecified atom stereocenters. The Balaban J connectivity index is 0.000000105. The van der Waals surface area contributed by atoms with Crippen molar-refractivity contribution in [3.8, 4) is 101 Å². The van der Waals surface area contributed by atoms with Crippen LogP contribution in [0.15, 0.2) is 546 Å². The van der Waals surface area contributed by atoms with Gasteiger partial charge in [-0.05, 0) is 270 Å². The standard InChI is InChI=1S/3C46H30N2/c1-2-15-34(16-3-1)47-42-22-9-7-19-38(42)40-29-32(25-27-45(40)47)33-26-28-46-41(30-33)39-20-8-11-24-44(39)48(46)43-23-10-6-18-37(43)36-21-12-14-31-13-4-5-17-35(31)36;1-2-14-36(15-3-1)47-43-20-10-7-17-38(43)40-29-33(24-26-45(40)47)34-25-27-46-41(30-34)39-18-8-11-21-44(39)48(46)42-19-9-6-16-37(42)35-23-22-31-12-4-5-13-32(31)28-35;1-2-14-37(15-3-1)47-43-19-8-6-17-39(43)41-29-35(23-25-45(41)47)36-24-26-46-42(30-36)40-18-7-9-20-44(40)48(46)38-16-10-13-33(28-38)34-22-21-31-11-4-5-12-32(31)27-34/h3*1-30H. The quantitative estimate of drug-likeness (QED) is 0.117. The van der Waals surface area contributed by atoms with Crippen LogP contribution in [0, 0.1) is 0 Å². The SMILES string of the molecule is c1ccc(-n2c3ccccc3c3cc(-c4ccc5c(c4)c4ccccc4n5-c4cccc(-c5ccc6ccccc6c5)c4)ccc32)cc1.c1ccc(-n2c3ccccc3c3cc(-c4ccc5c(c4)c4ccccc4n5-c4ccccc4-c4ccc5ccccc5c4)ccc32)cc1.c1ccc(-n2c3ccccc3c3cc(-c4ccc5c(c4)c4ccccc4n5-c4ccccc4-c4cccc5ccccc45)ccc32)cc1. The molecule has 0 amide bonds. The normalized spacial score (nSPS) is 11.8. The minimum absolute atomic E-state index is 1.16. The van der Waals surface area contributed by atoms with Gasteiger partial charge in [-0.2, -0.15) is 0 Å². The van der Waals surface area contributed by atoms with Crippen molar-refractivity contribution >= 4 is 163 Å². The molecule has 0 saturated heterocycles. The zero-order valence-electron chi connectivity index (χ0n) is 78.6. The van der Waals surface area contributed by atoms with Crippen LogP contribution >= 0.6 is 0 Å². The summed E-state index contributed by atoms with van der Waals surface area (Å²) in [5.74, 6) is 0. The first kappa shape index (κ1) is 83.1. The molecule has 30 aromatic rings. The summed E-state index contributed by atoms with van der Waals surface area (Å²) in [5, 5.41) is 22.6. The van der Waals surface area contributed by atoms with Gasteiger partial charge in [0.05, 0.1) is 77.6 Å². The highest BCUT2D eigenvalue weighted by molar-refractivity contribution is 6.18. The second-order valence-corrected chi connectivity index (χ2v) is 37.7. The Hall–Kier alpha value is -19.1. The molecule has 0 fully saturated rings. The van der Waals surface area contributed by atoms with Gasteiger partial charge in [0, 0.05) is 98.5 Å². The minimum Gasteiger partial charge on any atom is -0.309 e. The maximum atomic E-state index is 2.45. The van der Waals surface area contributed by atoms with Gasteiger partial charge >= 0.3 is 0 Å². The average molecular weight is 1830 g/mol. The lowest BCUT2D eigenvalue weighted by Gasteiger charge is -2.15. The van der Waals surface area contributed by atoms with E-state index in [2.05, 4.69) is 573 Å². The topological polar surface area (TPSA) is 29.6 Å². The zero-order chi connectivity index (χ0) is 94.8. The summed E-state index contributed by atoms with van der Waals surface area (Å²) >= 11 is 0. The zero-order valence-corrected chi connectivity index (χ0v) is 78.6. The molecule has 0 radical (unpaired) electrons. The van der Waals surface area contributed by atoms with Gasteiger partial charge in [0.2, 0.25) is 0 Å². The monoisotopic (exact) mass is 1830 g/mol. The lowest BCUT2D eigenvalue weighted by molar-refractivity contribution is 1.18. The number of rotatable bonds is 12. The van der Waals surface area contributed by atoms with Crippen molar-refractivity contribution in [1.29, 1.82) is 0 Å².